The van der Waals surface area contributed by atoms with Crippen LogP contribution < -0.4 is 0 Å². The predicted octanol–water partition coefficient (Wildman–Crippen LogP) is 0.453. The molecule has 0 N–H and O–H groups in total. The number of hydrogen-bond acceptors (Lipinski definition) is 6. The van der Waals surface area contributed by atoms with E-state index in [0.717, 1.165) is 6.42 Å². The van der Waals surface area contributed by atoms with E-state index in [4.69, 9.17) is 18.9 Å². The van der Waals surface area contributed by atoms with Gasteiger partial charge >= 0.3 is 5.97 Å². The van der Waals surface area contributed by atoms with Crippen LogP contribution in [-0.4, -0.2) is 50.6 Å². The summed E-state index contributed by atoms with van der Waals surface area (Å²) >= 11 is 0. The van der Waals surface area contributed by atoms with Crippen molar-refractivity contribution in [2.45, 2.75) is 24.5 Å². The number of carbonyl (C=O) groups excluding carboxylic acids is 2. The van der Waals surface area contributed by atoms with Gasteiger partial charge in [0.2, 0.25) is 0 Å². The molecule has 0 aromatic heterocycles. The summed E-state index contributed by atoms with van der Waals surface area (Å²) in [5, 5.41) is 0. The molecule has 6 heteroatoms. The van der Waals surface area contributed by atoms with Crippen LogP contribution in [0.3, 0.4) is 0 Å². The third-order valence-electron chi connectivity index (χ3n) is 4.14. The van der Waals surface area contributed by atoms with Crippen molar-refractivity contribution in [2.24, 2.45) is 11.8 Å². The van der Waals surface area contributed by atoms with Gasteiger partial charge < -0.3 is 18.9 Å². The minimum Gasteiger partial charge on any atom is -0.465 e. The highest BCUT2D eigenvalue weighted by atomic mass is 16.6. The van der Waals surface area contributed by atoms with Crippen LogP contribution in [0.25, 0.3) is 0 Å². The molecule has 3 rings (SSSR count). The van der Waals surface area contributed by atoms with Gasteiger partial charge in [0.05, 0.1) is 19.1 Å². The van der Waals surface area contributed by atoms with E-state index in [-0.39, 0.29) is 30.5 Å². The van der Waals surface area contributed by atoms with Crippen LogP contribution in [0.5, 0.6) is 0 Å². The van der Waals surface area contributed by atoms with E-state index in [0.29, 0.717) is 32.7 Å². The molecule has 6 nitrogen and oxygen atoms in total. The van der Waals surface area contributed by atoms with Crippen molar-refractivity contribution < 1.29 is 28.5 Å². The number of ether oxygens (including phenoxy) is 4. The second-order valence-corrected chi connectivity index (χ2v) is 5.50. The molecule has 0 radical (unpaired) electrons. The monoisotopic (exact) mass is 282 g/mol. The molecule has 110 valence electrons. The number of hydrogen-bond donors (Lipinski definition) is 0. The molecule has 0 bridgehead atoms. The van der Waals surface area contributed by atoms with Crippen LogP contribution in [-0.2, 0) is 28.5 Å². The van der Waals surface area contributed by atoms with Crippen LogP contribution >= 0.6 is 0 Å². The molecule has 0 saturated carbocycles. The topological polar surface area (TPSA) is 77.7 Å². The highest BCUT2D eigenvalue weighted by Gasteiger charge is 2.56. The standard InChI is InChI=1S/C14H18O6/c15-9-17-7-14(8-20-14)12-4-2-1-3-11(12)13(16)19-6-10-5-18-10/h1-2,9-12H,3-8H2. The SMILES string of the molecule is O=COCC1(C2CC=CCC2C(=O)OCC2CO2)CO1. The van der Waals surface area contributed by atoms with Crippen LogP contribution in [0.1, 0.15) is 12.8 Å². The molecular formula is C14H18O6. The first-order chi connectivity index (χ1) is 9.75. The van der Waals surface area contributed by atoms with Crippen molar-refractivity contribution in [3.05, 3.63) is 12.2 Å². The average molecular weight is 282 g/mol. The minimum absolute atomic E-state index is 0.0000661. The molecule has 20 heavy (non-hydrogen) atoms. The van der Waals surface area contributed by atoms with Gasteiger partial charge in [0.15, 0.2) is 0 Å². The molecule has 2 fully saturated rings. The quantitative estimate of drug-likeness (QED) is 0.292. The lowest BCUT2D eigenvalue weighted by atomic mass is 9.75. The third-order valence-corrected chi connectivity index (χ3v) is 4.14. The van der Waals surface area contributed by atoms with Gasteiger partial charge in [-0.1, -0.05) is 12.2 Å². The van der Waals surface area contributed by atoms with Gasteiger partial charge in [0, 0.05) is 5.92 Å². The second-order valence-electron chi connectivity index (χ2n) is 5.50. The van der Waals surface area contributed by atoms with Gasteiger partial charge in [-0.25, -0.2) is 0 Å². The first-order valence-electron chi connectivity index (χ1n) is 6.87. The second kappa shape index (κ2) is 5.54. The van der Waals surface area contributed by atoms with Crippen molar-refractivity contribution in [1.82, 2.24) is 0 Å². The zero-order valence-corrected chi connectivity index (χ0v) is 11.2. The Morgan fingerprint density at radius 1 is 1.40 bits per heavy atom. The van der Waals surface area contributed by atoms with Gasteiger partial charge in [-0.2, -0.15) is 0 Å². The lowest BCUT2D eigenvalue weighted by Gasteiger charge is -2.31. The zero-order valence-electron chi connectivity index (χ0n) is 11.2. The van der Waals surface area contributed by atoms with E-state index in [1.807, 2.05) is 12.2 Å². The molecule has 3 aliphatic rings. The summed E-state index contributed by atoms with van der Waals surface area (Å²) < 4.78 is 20.7. The molecule has 1 aliphatic carbocycles. The van der Waals surface area contributed by atoms with E-state index < -0.39 is 5.60 Å². The summed E-state index contributed by atoms with van der Waals surface area (Å²) in [6, 6.07) is 0. The van der Waals surface area contributed by atoms with Gasteiger partial charge in [-0.3, -0.25) is 9.59 Å². The molecule has 2 aliphatic heterocycles. The summed E-state index contributed by atoms with van der Waals surface area (Å²) in [6.07, 6.45) is 5.49. The highest BCUT2D eigenvalue weighted by molar-refractivity contribution is 5.73. The summed E-state index contributed by atoms with van der Waals surface area (Å²) in [4.78, 5) is 22.6. The summed E-state index contributed by atoms with van der Waals surface area (Å²) in [5.41, 5.74) is -0.508. The minimum atomic E-state index is -0.508. The number of rotatable bonds is 7. The van der Waals surface area contributed by atoms with E-state index >= 15 is 0 Å². The molecule has 0 aromatic rings. The van der Waals surface area contributed by atoms with Crippen molar-refractivity contribution >= 4 is 12.4 Å². The fourth-order valence-corrected chi connectivity index (χ4v) is 2.77. The van der Waals surface area contributed by atoms with E-state index in [2.05, 4.69) is 0 Å². The Morgan fingerprint density at radius 3 is 2.80 bits per heavy atom. The Bertz CT molecular complexity index is 410. The maximum Gasteiger partial charge on any atom is 0.309 e. The van der Waals surface area contributed by atoms with E-state index in [1.165, 1.54) is 0 Å². The van der Waals surface area contributed by atoms with Crippen LogP contribution in [0.15, 0.2) is 12.2 Å². The molecule has 4 atom stereocenters. The Balaban J connectivity index is 1.62. The molecule has 0 spiro atoms. The predicted molar refractivity (Wildman–Crippen MR) is 66.8 cm³/mol. The highest BCUT2D eigenvalue weighted by Crippen LogP contribution is 2.45. The van der Waals surface area contributed by atoms with Crippen molar-refractivity contribution in [3.8, 4) is 0 Å². The van der Waals surface area contributed by atoms with Gasteiger partial charge in [-0.15, -0.1) is 0 Å². The van der Waals surface area contributed by atoms with Crippen molar-refractivity contribution in [2.75, 3.05) is 26.4 Å². The third kappa shape index (κ3) is 2.86. The molecule has 2 saturated heterocycles. The molecule has 4 unspecified atom stereocenters. The first kappa shape index (κ1) is 13.6. The molecule has 0 aromatic carbocycles. The van der Waals surface area contributed by atoms with Crippen LogP contribution in [0.2, 0.25) is 0 Å². The number of carbonyl (C=O) groups is 2. The van der Waals surface area contributed by atoms with E-state index in [9.17, 15) is 9.59 Å². The average Bonchev–Trinajstić information content (AvgIpc) is 3.38. The Kier molecular flexibility index (Phi) is 3.76. The molecular weight excluding hydrogens is 264 g/mol. The van der Waals surface area contributed by atoms with E-state index in [1.54, 1.807) is 0 Å². The summed E-state index contributed by atoms with van der Waals surface area (Å²) in [7, 11) is 0. The number of epoxide rings is 2. The zero-order chi connectivity index (χ0) is 14.0. The Labute approximate surface area is 117 Å². The largest absolute Gasteiger partial charge is 0.465 e. The fourth-order valence-electron chi connectivity index (χ4n) is 2.77. The Morgan fingerprint density at radius 2 is 2.15 bits per heavy atom. The van der Waals surface area contributed by atoms with Crippen molar-refractivity contribution in [3.63, 3.8) is 0 Å². The maximum absolute atomic E-state index is 12.2. The Hall–Kier alpha value is -1.40. The number of esters is 1. The molecule has 0 amide bonds. The fraction of sp³-hybridized carbons (Fsp3) is 0.714. The first-order valence-corrected chi connectivity index (χ1v) is 6.87. The summed E-state index contributed by atoms with van der Waals surface area (Å²) in [6.45, 7) is 2.13. The summed E-state index contributed by atoms with van der Waals surface area (Å²) in [5.74, 6) is -0.451. The smallest absolute Gasteiger partial charge is 0.309 e. The molecule has 2 heterocycles. The number of allylic oxidation sites excluding steroid dienone is 2. The van der Waals surface area contributed by atoms with Crippen LogP contribution in [0, 0.1) is 11.8 Å². The maximum atomic E-state index is 12.2. The lowest BCUT2D eigenvalue weighted by molar-refractivity contribution is -0.153. The normalized spacial score (nSPS) is 38.1. The van der Waals surface area contributed by atoms with Gasteiger partial charge in [-0.05, 0) is 12.8 Å². The lowest BCUT2D eigenvalue weighted by Crippen LogP contribution is -2.40. The van der Waals surface area contributed by atoms with Gasteiger partial charge in [0.1, 0.15) is 24.9 Å². The van der Waals surface area contributed by atoms with Crippen molar-refractivity contribution in [1.29, 1.82) is 0 Å². The van der Waals surface area contributed by atoms with Crippen LogP contribution in [0.4, 0.5) is 0 Å². The van der Waals surface area contributed by atoms with Gasteiger partial charge in [0.25, 0.3) is 6.47 Å².